The average Bonchev–Trinajstić information content (AvgIpc) is 3.34. The van der Waals surface area contributed by atoms with Gasteiger partial charge in [0.15, 0.2) is 5.82 Å². The van der Waals surface area contributed by atoms with Crippen molar-refractivity contribution in [3.8, 4) is 11.5 Å². The highest BCUT2D eigenvalue weighted by molar-refractivity contribution is 6.30. The highest BCUT2D eigenvalue weighted by Crippen LogP contribution is 2.27. The summed E-state index contributed by atoms with van der Waals surface area (Å²) in [6.45, 7) is 3.90. The van der Waals surface area contributed by atoms with Gasteiger partial charge in [0.2, 0.25) is 5.91 Å². The molecule has 0 N–H and O–H groups in total. The minimum Gasteiger partial charge on any atom is -0.340 e. The highest BCUT2D eigenvalue weighted by Gasteiger charge is 2.29. The molecule has 0 bridgehead atoms. The number of amides is 1. The lowest BCUT2D eigenvalue weighted by Crippen LogP contribution is -2.49. The van der Waals surface area contributed by atoms with Crippen LogP contribution in [-0.4, -0.2) is 52.0 Å². The Morgan fingerprint density at radius 2 is 1.96 bits per heavy atom. The number of piperazine rings is 1. The van der Waals surface area contributed by atoms with Gasteiger partial charge < -0.3 is 9.42 Å². The first-order valence-electron chi connectivity index (χ1n) is 9.29. The van der Waals surface area contributed by atoms with Crippen LogP contribution in [0.4, 0.5) is 0 Å². The van der Waals surface area contributed by atoms with E-state index < -0.39 is 0 Å². The van der Waals surface area contributed by atoms with E-state index in [1.165, 1.54) is 12.8 Å². The first-order chi connectivity index (χ1) is 12.7. The molecule has 0 spiro atoms. The number of rotatable bonds is 4. The number of hydrogen-bond acceptors (Lipinski definition) is 5. The lowest BCUT2D eigenvalue weighted by Gasteiger charge is -2.35. The third kappa shape index (κ3) is 3.91. The maximum Gasteiger partial charge on any atom is 0.258 e. The molecule has 1 saturated heterocycles. The monoisotopic (exact) mass is 374 g/mol. The number of nitrogens with zero attached hydrogens (tertiary/aromatic N) is 4. The van der Waals surface area contributed by atoms with Crippen molar-refractivity contribution >= 4 is 17.5 Å². The van der Waals surface area contributed by atoms with Gasteiger partial charge in [0.25, 0.3) is 5.89 Å². The van der Waals surface area contributed by atoms with E-state index in [9.17, 15) is 4.79 Å². The fourth-order valence-corrected chi connectivity index (χ4v) is 4.00. The Bertz CT molecular complexity index is 764. The lowest BCUT2D eigenvalue weighted by atomic mass is 10.1. The van der Waals surface area contributed by atoms with Crippen LogP contribution < -0.4 is 0 Å². The maximum atomic E-state index is 12.5. The van der Waals surface area contributed by atoms with E-state index in [1.54, 1.807) is 0 Å². The first-order valence-corrected chi connectivity index (χ1v) is 9.66. The largest absolute Gasteiger partial charge is 0.340 e. The molecular weight excluding hydrogens is 352 g/mol. The van der Waals surface area contributed by atoms with Crippen molar-refractivity contribution in [1.82, 2.24) is 19.9 Å². The molecule has 0 unspecified atom stereocenters. The van der Waals surface area contributed by atoms with Crippen LogP contribution in [0.1, 0.15) is 31.5 Å². The molecule has 2 aliphatic rings. The molecule has 0 radical (unpaired) electrons. The number of carbonyl (C=O) groups excluding carboxylic acids is 1. The van der Waals surface area contributed by atoms with Crippen molar-refractivity contribution in [2.24, 2.45) is 5.92 Å². The second-order valence-corrected chi connectivity index (χ2v) is 7.55. The van der Waals surface area contributed by atoms with Crippen LogP contribution in [0.15, 0.2) is 28.8 Å². The second kappa shape index (κ2) is 7.76. The molecule has 138 valence electrons. The predicted molar refractivity (Wildman–Crippen MR) is 98.6 cm³/mol. The van der Waals surface area contributed by atoms with Gasteiger partial charge in [0.1, 0.15) is 0 Å². The van der Waals surface area contributed by atoms with E-state index in [-0.39, 0.29) is 5.92 Å². The molecule has 2 heterocycles. The van der Waals surface area contributed by atoms with E-state index in [2.05, 4.69) is 15.0 Å². The quantitative estimate of drug-likeness (QED) is 0.822. The van der Waals surface area contributed by atoms with E-state index >= 15 is 0 Å². The molecule has 1 aliphatic heterocycles. The topological polar surface area (TPSA) is 62.5 Å². The van der Waals surface area contributed by atoms with E-state index in [0.29, 0.717) is 29.2 Å². The molecule has 1 amide bonds. The summed E-state index contributed by atoms with van der Waals surface area (Å²) in [4.78, 5) is 21.3. The Morgan fingerprint density at radius 3 is 2.69 bits per heavy atom. The molecule has 1 aromatic carbocycles. The van der Waals surface area contributed by atoms with E-state index in [0.717, 1.165) is 44.6 Å². The molecule has 4 rings (SSSR count). The summed E-state index contributed by atoms with van der Waals surface area (Å²) >= 11 is 6.01. The molecule has 7 heteroatoms. The zero-order valence-corrected chi connectivity index (χ0v) is 15.5. The van der Waals surface area contributed by atoms with E-state index in [1.807, 2.05) is 29.2 Å². The minimum absolute atomic E-state index is 0.263. The Hall–Kier alpha value is -1.92. The van der Waals surface area contributed by atoms with Crippen molar-refractivity contribution < 1.29 is 9.32 Å². The van der Waals surface area contributed by atoms with Crippen LogP contribution in [0, 0.1) is 5.92 Å². The highest BCUT2D eigenvalue weighted by atomic mass is 35.5. The van der Waals surface area contributed by atoms with Crippen molar-refractivity contribution in [1.29, 1.82) is 0 Å². The third-order valence-corrected chi connectivity index (χ3v) is 5.53. The summed E-state index contributed by atoms with van der Waals surface area (Å²) in [6.07, 6.45) is 4.52. The normalized spacial score (nSPS) is 19.2. The molecule has 0 atom stereocenters. The number of aromatic nitrogens is 2. The van der Waals surface area contributed by atoms with Gasteiger partial charge in [-0.1, -0.05) is 35.7 Å². The fraction of sp³-hybridized carbons (Fsp3) is 0.526. The summed E-state index contributed by atoms with van der Waals surface area (Å²) in [5.74, 6) is 1.76. The SMILES string of the molecule is O=C(C1CCCC1)N1CCN(Cc2noc(-c3cccc(Cl)c3)n2)CC1. The van der Waals surface area contributed by atoms with Crippen LogP contribution >= 0.6 is 11.6 Å². The van der Waals surface area contributed by atoms with Crippen LogP contribution in [0.3, 0.4) is 0 Å². The van der Waals surface area contributed by atoms with Crippen LogP contribution in [-0.2, 0) is 11.3 Å². The number of halogens is 1. The van der Waals surface area contributed by atoms with Gasteiger partial charge in [-0.15, -0.1) is 0 Å². The summed E-state index contributed by atoms with van der Waals surface area (Å²) in [6, 6.07) is 7.39. The molecule has 2 fully saturated rings. The van der Waals surface area contributed by atoms with Gasteiger partial charge in [0.05, 0.1) is 6.54 Å². The maximum absolute atomic E-state index is 12.5. The minimum atomic E-state index is 0.263. The summed E-state index contributed by atoms with van der Waals surface area (Å²) < 4.78 is 5.36. The number of benzene rings is 1. The van der Waals surface area contributed by atoms with E-state index in [4.69, 9.17) is 16.1 Å². The number of hydrogen-bond donors (Lipinski definition) is 0. The standard InChI is InChI=1S/C19H23ClN4O2/c20-16-7-3-6-15(12-16)18-21-17(22-26-18)13-23-8-10-24(11-9-23)19(25)14-4-1-2-5-14/h3,6-7,12,14H,1-2,4-5,8-11,13H2. The molecule has 6 nitrogen and oxygen atoms in total. The van der Waals surface area contributed by atoms with Crippen LogP contribution in [0.2, 0.25) is 5.02 Å². The molecule has 1 saturated carbocycles. The van der Waals surface area contributed by atoms with Gasteiger partial charge in [-0.2, -0.15) is 4.98 Å². The second-order valence-electron chi connectivity index (χ2n) is 7.11. The zero-order valence-electron chi connectivity index (χ0n) is 14.7. The summed E-state index contributed by atoms with van der Waals surface area (Å²) in [5, 5.41) is 4.73. The van der Waals surface area contributed by atoms with Gasteiger partial charge in [0, 0.05) is 42.7 Å². The molecular formula is C19H23ClN4O2. The van der Waals surface area contributed by atoms with Gasteiger partial charge >= 0.3 is 0 Å². The molecule has 2 aromatic rings. The molecule has 1 aliphatic carbocycles. The van der Waals surface area contributed by atoms with Crippen molar-refractivity contribution in [2.45, 2.75) is 32.2 Å². The van der Waals surface area contributed by atoms with Crippen molar-refractivity contribution in [3.63, 3.8) is 0 Å². The number of carbonyl (C=O) groups is 1. The Labute approximate surface area is 158 Å². The van der Waals surface area contributed by atoms with Gasteiger partial charge in [-0.05, 0) is 31.0 Å². The van der Waals surface area contributed by atoms with Crippen LogP contribution in [0.5, 0.6) is 0 Å². The summed E-state index contributed by atoms with van der Waals surface area (Å²) in [7, 11) is 0. The Balaban J connectivity index is 1.31. The predicted octanol–water partition coefficient (Wildman–Crippen LogP) is 3.22. The fourth-order valence-electron chi connectivity index (χ4n) is 3.81. The van der Waals surface area contributed by atoms with Gasteiger partial charge in [-0.3, -0.25) is 9.69 Å². The third-order valence-electron chi connectivity index (χ3n) is 5.29. The van der Waals surface area contributed by atoms with Crippen LogP contribution in [0.25, 0.3) is 11.5 Å². The van der Waals surface area contributed by atoms with Crippen molar-refractivity contribution in [2.75, 3.05) is 26.2 Å². The molecule has 1 aromatic heterocycles. The smallest absolute Gasteiger partial charge is 0.258 e. The average molecular weight is 375 g/mol. The van der Waals surface area contributed by atoms with Gasteiger partial charge in [-0.25, -0.2) is 0 Å². The molecule has 26 heavy (non-hydrogen) atoms. The first kappa shape index (κ1) is 17.5. The Morgan fingerprint density at radius 1 is 1.19 bits per heavy atom. The lowest BCUT2D eigenvalue weighted by molar-refractivity contribution is -0.137. The Kier molecular flexibility index (Phi) is 5.22. The van der Waals surface area contributed by atoms with Crippen molar-refractivity contribution in [3.05, 3.63) is 35.1 Å². The summed E-state index contributed by atoms with van der Waals surface area (Å²) in [5.41, 5.74) is 0.822. The zero-order chi connectivity index (χ0) is 17.9.